The molecule has 5 nitrogen and oxygen atoms in total. The first-order valence-corrected chi connectivity index (χ1v) is 6.70. The fraction of sp³-hybridized carbons (Fsp3) is 0.250. The summed E-state index contributed by atoms with van der Waals surface area (Å²) < 4.78 is 6.67. The average molecular weight is 344 g/mol. The smallest absolute Gasteiger partial charge is 0.328 e. The van der Waals surface area contributed by atoms with E-state index in [-0.39, 0.29) is 11.3 Å². The van der Waals surface area contributed by atoms with E-state index in [0.29, 0.717) is 11.7 Å². The number of ether oxygens (including phenoxy) is 1. The van der Waals surface area contributed by atoms with Gasteiger partial charge in [-0.25, -0.2) is 0 Å². The lowest BCUT2D eigenvalue weighted by Crippen LogP contribution is -2.01. The van der Waals surface area contributed by atoms with Gasteiger partial charge in [0.2, 0.25) is 11.2 Å². The number of hydrogen-bond acceptors (Lipinski definition) is 5. The van der Waals surface area contributed by atoms with Crippen LogP contribution < -0.4 is 10.1 Å². The molecule has 19 heavy (non-hydrogen) atoms. The van der Waals surface area contributed by atoms with Gasteiger partial charge >= 0.3 is 6.01 Å². The van der Waals surface area contributed by atoms with Crippen LogP contribution in [0.1, 0.15) is 11.1 Å². The van der Waals surface area contributed by atoms with Gasteiger partial charge in [-0.05, 0) is 48.7 Å². The third-order valence-corrected chi connectivity index (χ3v) is 3.85. The number of nitrogens with zero attached hydrogens (tertiary/aromatic N) is 3. The van der Waals surface area contributed by atoms with Crippen LogP contribution in [0.4, 0.5) is 5.95 Å². The van der Waals surface area contributed by atoms with Crippen LogP contribution in [0.5, 0.6) is 11.8 Å². The first-order valence-electron chi connectivity index (χ1n) is 5.53. The second-order valence-electron chi connectivity index (χ2n) is 3.93. The number of nitrogens with one attached hydrogen (secondary N) is 1. The minimum absolute atomic E-state index is 0.0832. The van der Waals surface area contributed by atoms with Gasteiger partial charge in [0, 0.05) is 11.5 Å². The first kappa shape index (κ1) is 14.0. The van der Waals surface area contributed by atoms with E-state index in [1.807, 2.05) is 26.0 Å². The van der Waals surface area contributed by atoms with Crippen molar-refractivity contribution in [2.24, 2.45) is 0 Å². The molecule has 0 unspecified atom stereocenters. The van der Waals surface area contributed by atoms with Crippen LogP contribution >= 0.6 is 27.5 Å². The third-order valence-electron chi connectivity index (χ3n) is 2.43. The van der Waals surface area contributed by atoms with Crippen molar-refractivity contribution in [3.8, 4) is 11.8 Å². The Hall–Kier alpha value is -1.40. The van der Waals surface area contributed by atoms with Gasteiger partial charge in [0.25, 0.3) is 0 Å². The predicted molar refractivity (Wildman–Crippen MR) is 78.1 cm³/mol. The van der Waals surface area contributed by atoms with E-state index in [4.69, 9.17) is 16.3 Å². The van der Waals surface area contributed by atoms with E-state index >= 15 is 0 Å². The Bertz CT molecular complexity index is 598. The molecule has 0 aliphatic rings. The summed E-state index contributed by atoms with van der Waals surface area (Å²) in [5.74, 6) is 1.02. The molecule has 1 aromatic heterocycles. The Labute approximate surface area is 124 Å². The second kappa shape index (κ2) is 5.71. The number of benzene rings is 1. The van der Waals surface area contributed by atoms with Crippen molar-refractivity contribution in [2.75, 3.05) is 12.4 Å². The van der Waals surface area contributed by atoms with Crippen molar-refractivity contribution in [1.82, 2.24) is 15.0 Å². The highest BCUT2D eigenvalue weighted by atomic mass is 79.9. The third kappa shape index (κ3) is 3.33. The van der Waals surface area contributed by atoms with Crippen LogP contribution in [0, 0.1) is 13.8 Å². The quantitative estimate of drug-likeness (QED) is 0.920. The van der Waals surface area contributed by atoms with E-state index < -0.39 is 0 Å². The molecule has 100 valence electrons. The summed E-state index contributed by atoms with van der Waals surface area (Å²) in [5.41, 5.74) is 2.15. The van der Waals surface area contributed by atoms with E-state index in [9.17, 15) is 0 Å². The van der Waals surface area contributed by atoms with Crippen LogP contribution in [0.3, 0.4) is 0 Å². The summed E-state index contributed by atoms with van der Waals surface area (Å²) in [6.07, 6.45) is 0. The van der Waals surface area contributed by atoms with Gasteiger partial charge in [-0.3, -0.25) is 0 Å². The standard InChI is InChI=1S/C12H12BrClN4O/c1-6-4-8(5-7(2)9(6)13)19-12-17-10(14)16-11(15-3)18-12/h4-5H,1-3H3,(H,15,16,17,18). The summed E-state index contributed by atoms with van der Waals surface area (Å²) in [5, 5.41) is 2.87. The number of anilines is 1. The lowest BCUT2D eigenvalue weighted by Gasteiger charge is -2.09. The lowest BCUT2D eigenvalue weighted by atomic mass is 10.1. The summed E-state index contributed by atoms with van der Waals surface area (Å²) in [7, 11) is 1.70. The highest BCUT2D eigenvalue weighted by molar-refractivity contribution is 9.10. The zero-order valence-corrected chi connectivity index (χ0v) is 13.0. The number of aromatic nitrogens is 3. The molecule has 7 heteroatoms. The summed E-state index contributed by atoms with van der Waals surface area (Å²) in [6, 6.07) is 3.95. The Kier molecular flexibility index (Phi) is 4.21. The zero-order valence-electron chi connectivity index (χ0n) is 10.7. The highest BCUT2D eigenvalue weighted by Crippen LogP contribution is 2.28. The minimum Gasteiger partial charge on any atom is -0.424 e. The van der Waals surface area contributed by atoms with Crippen molar-refractivity contribution in [1.29, 1.82) is 0 Å². The molecular formula is C12H12BrClN4O. The van der Waals surface area contributed by atoms with Crippen LogP contribution in [-0.4, -0.2) is 22.0 Å². The average Bonchev–Trinajstić information content (AvgIpc) is 2.35. The van der Waals surface area contributed by atoms with E-state index in [2.05, 4.69) is 36.2 Å². The maximum absolute atomic E-state index is 5.79. The van der Waals surface area contributed by atoms with E-state index in [0.717, 1.165) is 15.6 Å². The number of aryl methyl sites for hydroxylation is 2. The Morgan fingerprint density at radius 1 is 1.16 bits per heavy atom. The van der Waals surface area contributed by atoms with E-state index in [1.165, 1.54) is 0 Å². The van der Waals surface area contributed by atoms with Gasteiger partial charge < -0.3 is 10.1 Å². The summed E-state index contributed by atoms with van der Waals surface area (Å²) >= 11 is 9.30. The molecule has 0 spiro atoms. The largest absolute Gasteiger partial charge is 0.424 e. The van der Waals surface area contributed by atoms with Crippen molar-refractivity contribution in [3.05, 3.63) is 33.0 Å². The fourth-order valence-electron chi connectivity index (χ4n) is 1.56. The van der Waals surface area contributed by atoms with Crippen LogP contribution in [0.2, 0.25) is 5.28 Å². The minimum atomic E-state index is 0.0832. The molecule has 0 radical (unpaired) electrons. The topological polar surface area (TPSA) is 59.9 Å². The molecule has 0 amide bonds. The van der Waals surface area contributed by atoms with Gasteiger partial charge in [0.15, 0.2) is 0 Å². The van der Waals surface area contributed by atoms with Crippen molar-refractivity contribution in [2.45, 2.75) is 13.8 Å². The predicted octanol–water partition coefficient (Wildman–Crippen LogP) is 3.74. The van der Waals surface area contributed by atoms with E-state index in [1.54, 1.807) is 7.05 Å². The molecule has 0 atom stereocenters. The highest BCUT2D eigenvalue weighted by Gasteiger charge is 2.08. The molecule has 2 aromatic rings. The Balaban J connectivity index is 2.33. The molecule has 0 bridgehead atoms. The molecule has 1 aromatic carbocycles. The maximum Gasteiger partial charge on any atom is 0.328 e. The molecule has 0 fully saturated rings. The van der Waals surface area contributed by atoms with Crippen LogP contribution in [-0.2, 0) is 0 Å². The fourth-order valence-corrected chi connectivity index (χ4v) is 1.94. The first-order chi connectivity index (χ1) is 8.99. The van der Waals surface area contributed by atoms with Crippen LogP contribution in [0.25, 0.3) is 0 Å². The van der Waals surface area contributed by atoms with Gasteiger partial charge in [0.05, 0.1) is 0 Å². The van der Waals surface area contributed by atoms with Crippen molar-refractivity contribution < 1.29 is 4.74 Å². The molecule has 1 heterocycles. The zero-order chi connectivity index (χ0) is 14.0. The van der Waals surface area contributed by atoms with Gasteiger partial charge in [-0.1, -0.05) is 15.9 Å². The summed E-state index contributed by atoms with van der Waals surface area (Å²) in [4.78, 5) is 11.9. The number of hydrogen-bond donors (Lipinski definition) is 1. The van der Waals surface area contributed by atoms with Gasteiger partial charge in [-0.15, -0.1) is 0 Å². The summed E-state index contributed by atoms with van der Waals surface area (Å²) in [6.45, 7) is 3.98. The van der Waals surface area contributed by atoms with Crippen molar-refractivity contribution in [3.63, 3.8) is 0 Å². The molecule has 0 saturated carbocycles. The molecule has 2 rings (SSSR count). The monoisotopic (exact) mass is 342 g/mol. The Morgan fingerprint density at radius 2 is 1.79 bits per heavy atom. The molecular weight excluding hydrogens is 332 g/mol. The second-order valence-corrected chi connectivity index (χ2v) is 5.06. The molecule has 0 saturated heterocycles. The van der Waals surface area contributed by atoms with Gasteiger partial charge in [0.1, 0.15) is 5.75 Å². The van der Waals surface area contributed by atoms with Crippen molar-refractivity contribution >= 4 is 33.5 Å². The maximum atomic E-state index is 5.79. The Morgan fingerprint density at radius 3 is 2.37 bits per heavy atom. The molecule has 0 aliphatic heterocycles. The number of rotatable bonds is 3. The lowest BCUT2D eigenvalue weighted by molar-refractivity contribution is 0.440. The van der Waals surface area contributed by atoms with Crippen LogP contribution in [0.15, 0.2) is 16.6 Å². The SMILES string of the molecule is CNc1nc(Cl)nc(Oc2cc(C)c(Br)c(C)c2)n1. The van der Waals surface area contributed by atoms with Gasteiger partial charge in [-0.2, -0.15) is 15.0 Å². The molecule has 1 N–H and O–H groups in total. The molecule has 0 aliphatic carbocycles. The normalized spacial score (nSPS) is 10.4. The number of halogens is 2.